The van der Waals surface area contributed by atoms with Gasteiger partial charge in [0.05, 0.1) is 5.97 Å². The SMILES string of the molecule is CCOC(C)(C(=O)[O-])c1ccccc1.[Na+]. The van der Waals surface area contributed by atoms with Crippen LogP contribution in [0.3, 0.4) is 0 Å². The van der Waals surface area contributed by atoms with Crippen molar-refractivity contribution in [2.45, 2.75) is 19.4 Å². The average Bonchev–Trinajstić information content (AvgIpc) is 2.19. The van der Waals surface area contributed by atoms with Gasteiger partial charge in [0.25, 0.3) is 0 Å². The van der Waals surface area contributed by atoms with Crippen molar-refractivity contribution in [3.63, 3.8) is 0 Å². The van der Waals surface area contributed by atoms with Gasteiger partial charge in [-0.15, -0.1) is 0 Å². The van der Waals surface area contributed by atoms with E-state index in [1.54, 1.807) is 31.2 Å². The minimum Gasteiger partial charge on any atom is -0.547 e. The van der Waals surface area contributed by atoms with Crippen molar-refractivity contribution in [1.82, 2.24) is 0 Å². The van der Waals surface area contributed by atoms with Crippen molar-refractivity contribution >= 4 is 5.97 Å². The molecule has 4 heteroatoms. The van der Waals surface area contributed by atoms with Gasteiger partial charge < -0.3 is 14.6 Å². The van der Waals surface area contributed by atoms with Gasteiger partial charge in [0, 0.05) is 6.61 Å². The predicted octanol–water partition coefficient (Wildman–Crippen LogP) is -2.31. The van der Waals surface area contributed by atoms with E-state index in [0.717, 1.165) is 0 Å². The second kappa shape index (κ2) is 6.28. The summed E-state index contributed by atoms with van der Waals surface area (Å²) in [7, 11) is 0. The molecule has 0 aliphatic carbocycles. The summed E-state index contributed by atoms with van der Waals surface area (Å²) in [6.45, 7) is 3.59. The predicted molar refractivity (Wildman–Crippen MR) is 50.4 cm³/mol. The zero-order valence-corrected chi connectivity index (χ0v) is 11.3. The molecule has 0 spiro atoms. The molecule has 0 saturated carbocycles. The van der Waals surface area contributed by atoms with E-state index in [9.17, 15) is 9.90 Å². The van der Waals surface area contributed by atoms with Crippen LogP contribution >= 0.6 is 0 Å². The fourth-order valence-corrected chi connectivity index (χ4v) is 1.30. The van der Waals surface area contributed by atoms with Crippen molar-refractivity contribution in [3.05, 3.63) is 35.9 Å². The second-order valence-electron chi connectivity index (χ2n) is 3.12. The molecule has 0 aromatic heterocycles. The van der Waals surface area contributed by atoms with Gasteiger partial charge in [-0.05, 0) is 19.4 Å². The molecule has 1 aromatic rings. The molecule has 1 unspecified atom stereocenters. The summed E-state index contributed by atoms with van der Waals surface area (Å²) in [5.74, 6) is -1.22. The smallest absolute Gasteiger partial charge is 0.547 e. The Labute approximate surface area is 112 Å². The van der Waals surface area contributed by atoms with Gasteiger partial charge in [0.1, 0.15) is 5.60 Å². The van der Waals surface area contributed by atoms with Crippen LogP contribution in [0.1, 0.15) is 19.4 Å². The third-order valence-corrected chi connectivity index (χ3v) is 2.15. The molecule has 1 atom stereocenters. The minimum absolute atomic E-state index is 0. The monoisotopic (exact) mass is 216 g/mol. The number of carboxylic acid groups (broad SMARTS) is 1. The van der Waals surface area contributed by atoms with Gasteiger partial charge in [-0.3, -0.25) is 0 Å². The Bertz CT molecular complexity index is 313. The Morgan fingerprint density at radius 2 is 1.93 bits per heavy atom. The van der Waals surface area contributed by atoms with Gasteiger partial charge in [0.15, 0.2) is 0 Å². The first-order chi connectivity index (χ1) is 6.61. The van der Waals surface area contributed by atoms with Crippen molar-refractivity contribution in [2.75, 3.05) is 6.61 Å². The first-order valence-electron chi connectivity index (χ1n) is 4.52. The van der Waals surface area contributed by atoms with Gasteiger partial charge in [-0.2, -0.15) is 0 Å². The van der Waals surface area contributed by atoms with Gasteiger partial charge in [-0.1, -0.05) is 30.3 Å². The Balaban J connectivity index is 0.00000196. The topological polar surface area (TPSA) is 49.4 Å². The molecule has 0 bridgehead atoms. The number of carbonyl (C=O) groups excluding carboxylic acids is 1. The Morgan fingerprint density at radius 1 is 1.40 bits per heavy atom. The maximum atomic E-state index is 11.0. The molecular formula is C11H13NaO3. The van der Waals surface area contributed by atoms with Crippen molar-refractivity contribution in [2.24, 2.45) is 0 Å². The third kappa shape index (κ3) is 3.31. The summed E-state index contributed by atoms with van der Waals surface area (Å²) in [5, 5.41) is 11.0. The zero-order chi connectivity index (χ0) is 10.6. The molecule has 1 aromatic carbocycles. The van der Waals surface area contributed by atoms with Gasteiger partial charge >= 0.3 is 29.6 Å². The van der Waals surface area contributed by atoms with E-state index in [2.05, 4.69) is 0 Å². The summed E-state index contributed by atoms with van der Waals surface area (Å²) in [5.41, 5.74) is -0.752. The first-order valence-corrected chi connectivity index (χ1v) is 4.52. The molecule has 0 N–H and O–H groups in total. The van der Waals surface area contributed by atoms with E-state index in [4.69, 9.17) is 4.74 Å². The van der Waals surface area contributed by atoms with Crippen LogP contribution in [0.25, 0.3) is 0 Å². The molecule has 1 rings (SSSR count). The van der Waals surface area contributed by atoms with E-state index in [1.807, 2.05) is 6.07 Å². The number of ether oxygens (including phenoxy) is 1. The van der Waals surface area contributed by atoms with Crippen LogP contribution in [0.15, 0.2) is 30.3 Å². The van der Waals surface area contributed by atoms with E-state index < -0.39 is 11.6 Å². The first kappa shape index (κ1) is 14.6. The minimum atomic E-state index is -1.35. The molecule has 76 valence electrons. The molecule has 0 heterocycles. The number of hydrogen-bond acceptors (Lipinski definition) is 3. The maximum Gasteiger partial charge on any atom is 1.00 e. The molecular weight excluding hydrogens is 203 g/mol. The second-order valence-corrected chi connectivity index (χ2v) is 3.12. The number of carbonyl (C=O) groups is 1. The summed E-state index contributed by atoms with van der Waals surface area (Å²) in [6, 6.07) is 8.80. The molecule has 0 fully saturated rings. The molecule has 15 heavy (non-hydrogen) atoms. The quantitative estimate of drug-likeness (QED) is 0.531. The molecule has 0 saturated heterocycles. The number of carboxylic acids is 1. The largest absolute Gasteiger partial charge is 1.00 e. The third-order valence-electron chi connectivity index (χ3n) is 2.15. The van der Waals surface area contributed by atoms with Crippen LogP contribution in [-0.2, 0) is 15.1 Å². The standard InChI is InChI=1S/C11H14O3.Na/c1-3-14-11(2,10(12)13)9-7-5-4-6-8-9;/h4-8H,3H2,1-2H3,(H,12,13);/q;+1/p-1. The van der Waals surface area contributed by atoms with E-state index in [-0.39, 0.29) is 29.6 Å². The maximum absolute atomic E-state index is 11.0. The summed E-state index contributed by atoms with van der Waals surface area (Å²) in [6.07, 6.45) is 0. The molecule has 3 nitrogen and oxygen atoms in total. The van der Waals surface area contributed by atoms with Gasteiger partial charge in [0.2, 0.25) is 0 Å². The van der Waals surface area contributed by atoms with E-state index in [1.165, 1.54) is 6.92 Å². The van der Waals surface area contributed by atoms with Crippen LogP contribution in [0, 0.1) is 0 Å². The fraction of sp³-hybridized carbons (Fsp3) is 0.364. The molecule has 0 radical (unpaired) electrons. The van der Waals surface area contributed by atoms with Crippen LogP contribution in [0.5, 0.6) is 0 Å². The van der Waals surface area contributed by atoms with Crippen molar-refractivity contribution in [3.8, 4) is 0 Å². The average molecular weight is 216 g/mol. The van der Waals surface area contributed by atoms with Crippen LogP contribution in [0.4, 0.5) is 0 Å². The van der Waals surface area contributed by atoms with E-state index >= 15 is 0 Å². The normalized spacial score (nSPS) is 13.7. The number of hydrogen-bond donors (Lipinski definition) is 0. The van der Waals surface area contributed by atoms with Crippen LogP contribution in [0.2, 0.25) is 0 Å². The van der Waals surface area contributed by atoms with Crippen LogP contribution in [-0.4, -0.2) is 12.6 Å². The Hall–Kier alpha value is -0.350. The van der Waals surface area contributed by atoms with E-state index in [0.29, 0.717) is 12.2 Å². The summed E-state index contributed by atoms with van der Waals surface area (Å²) >= 11 is 0. The number of benzene rings is 1. The Kier molecular flexibility index (Phi) is 6.13. The van der Waals surface area contributed by atoms with Crippen LogP contribution < -0.4 is 34.7 Å². The Morgan fingerprint density at radius 3 is 2.33 bits per heavy atom. The molecule has 0 amide bonds. The zero-order valence-electron chi connectivity index (χ0n) is 9.32. The summed E-state index contributed by atoms with van der Waals surface area (Å²) in [4.78, 5) is 11.0. The molecule has 0 aliphatic heterocycles. The number of aliphatic carboxylic acids is 1. The van der Waals surface area contributed by atoms with Crippen molar-refractivity contribution < 1.29 is 44.2 Å². The van der Waals surface area contributed by atoms with Crippen molar-refractivity contribution in [1.29, 1.82) is 0 Å². The molecule has 0 aliphatic rings. The van der Waals surface area contributed by atoms with Gasteiger partial charge in [-0.25, -0.2) is 0 Å². The summed E-state index contributed by atoms with van der Waals surface area (Å²) < 4.78 is 5.21. The number of rotatable bonds is 4. The fourth-order valence-electron chi connectivity index (χ4n) is 1.30.